The van der Waals surface area contributed by atoms with E-state index in [0.29, 0.717) is 5.92 Å². The minimum Gasteiger partial charge on any atom is -0.319 e. The Balaban J connectivity index is 2.83. The van der Waals surface area contributed by atoms with E-state index in [4.69, 9.17) is 0 Å². The number of hydrogen-bond acceptors (Lipinski definition) is 4. The standard InChI is InChI=1S/C14H25N3S/c1-6-7-18-9-13-16-11(3)14(12(4)17-13)10(2)8-15-5/h10,15H,6-9H2,1-5H3. The van der Waals surface area contributed by atoms with E-state index in [9.17, 15) is 0 Å². The van der Waals surface area contributed by atoms with Crippen molar-refractivity contribution in [1.29, 1.82) is 0 Å². The maximum atomic E-state index is 4.65. The molecule has 0 aliphatic rings. The van der Waals surface area contributed by atoms with Crippen LogP contribution in [0.15, 0.2) is 0 Å². The Morgan fingerprint density at radius 3 is 2.33 bits per heavy atom. The Morgan fingerprint density at radius 1 is 1.22 bits per heavy atom. The molecule has 1 heterocycles. The van der Waals surface area contributed by atoms with Gasteiger partial charge in [0.2, 0.25) is 0 Å². The molecule has 1 rings (SSSR count). The number of aromatic nitrogens is 2. The van der Waals surface area contributed by atoms with Gasteiger partial charge in [-0.15, -0.1) is 0 Å². The molecule has 0 spiro atoms. The van der Waals surface area contributed by atoms with Crippen LogP contribution in [0.25, 0.3) is 0 Å². The summed E-state index contributed by atoms with van der Waals surface area (Å²) in [6.45, 7) is 9.59. The third kappa shape index (κ3) is 4.25. The van der Waals surface area contributed by atoms with Crippen LogP contribution in [0.1, 0.15) is 49.0 Å². The molecule has 0 aliphatic heterocycles. The van der Waals surface area contributed by atoms with Gasteiger partial charge in [0.15, 0.2) is 0 Å². The summed E-state index contributed by atoms with van der Waals surface area (Å²) in [5.74, 6) is 3.55. The fourth-order valence-electron chi connectivity index (χ4n) is 2.29. The number of thioether (sulfide) groups is 1. The van der Waals surface area contributed by atoms with E-state index in [1.54, 1.807) is 0 Å². The van der Waals surface area contributed by atoms with E-state index in [-0.39, 0.29) is 0 Å². The highest BCUT2D eigenvalue weighted by atomic mass is 32.2. The predicted octanol–water partition coefficient (Wildman–Crippen LogP) is 3.06. The highest BCUT2D eigenvalue weighted by molar-refractivity contribution is 7.98. The smallest absolute Gasteiger partial charge is 0.138 e. The number of aryl methyl sites for hydroxylation is 2. The van der Waals surface area contributed by atoms with Crippen molar-refractivity contribution in [2.45, 2.75) is 45.8 Å². The fourth-order valence-corrected chi connectivity index (χ4v) is 3.03. The molecule has 1 aromatic heterocycles. The topological polar surface area (TPSA) is 37.8 Å². The summed E-state index contributed by atoms with van der Waals surface area (Å²) in [5.41, 5.74) is 3.57. The zero-order chi connectivity index (χ0) is 13.5. The van der Waals surface area contributed by atoms with Crippen LogP contribution in [0.4, 0.5) is 0 Å². The second-order valence-electron chi connectivity index (χ2n) is 4.74. The lowest BCUT2D eigenvalue weighted by atomic mass is 9.98. The van der Waals surface area contributed by atoms with Crippen LogP contribution >= 0.6 is 11.8 Å². The second kappa shape index (κ2) is 7.74. The van der Waals surface area contributed by atoms with Crippen LogP contribution in [-0.2, 0) is 5.75 Å². The monoisotopic (exact) mass is 267 g/mol. The van der Waals surface area contributed by atoms with E-state index >= 15 is 0 Å². The highest BCUT2D eigenvalue weighted by Gasteiger charge is 2.14. The summed E-state index contributed by atoms with van der Waals surface area (Å²) in [5, 5.41) is 3.22. The summed E-state index contributed by atoms with van der Waals surface area (Å²) < 4.78 is 0. The Hall–Kier alpha value is -0.610. The zero-order valence-electron chi connectivity index (χ0n) is 12.2. The van der Waals surface area contributed by atoms with Crippen molar-refractivity contribution in [3.05, 3.63) is 22.8 Å². The van der Waals surface area contributed by atoms with E-state index in [1.165, 1.54) is 17.7 Å². The minimum absolute atomic E-state index is 0.465. The molecule has 0 aromatic carbocycles. The van der Waals surface area contributed by atoms with Gasteiger partial charge in [0.05, 0.1) is 5.75 Å². The molecule has 1 N–H and O–H groups in total. The van der Waals surface area contributed by atoms with Gasteiger partial charge >= 0.3 is 0 Å². The molecule has 0 radical (unpaired) electrons. The van der Waals surface area contributed by atoms with E-state index < -0.39 is 0 Å². The number of nitrogens with one attached hydrogen (secondary N) is 1. The SMILES string of the molecule is CCCSCc1nc(C)c(C(C)CNC)c(C)n1. The lowest BCUT2D eigenvalue weighted by molar-refractivity contribution is 0.660. The second-order valence-corrected chi connectivity index (χ2v) is 5.84. The molecule has 0 saturated carbocycles. The highest BCUT2D eigenvalue weighted by Crippen LogP contribution is 2.22. The molecule has 3 nitrogen and oxygen atoms in total. The molecule has 1 unspecified atom stereocenters. The van der Waals surface area contributed by atoms with Crippen LogP contribution < -0.4 is 5.32 Å². The van der Waals surface area contributed by atoms with Gasteiger partial charge in [0, 0.05) is 17.9 Å². The molecule has 0 aliphatic carbocycles. The predicted molar refractivity (Wildman–Crippen MR) is 80.3 cm³/mol. The molecular weight excluding hydrogens is 242 g/mol. The van der Waals surface area contributed by atoms with Gasteiger partial charge in [-0.3, -0.25) is 0 Å². The van der Waals surface area contributed by atoms with Crippen LogP contribution in [0, 0.1) is 13.8 Å². The van der Waals surface area contributed by atoms with Gasteiger partial charge in [-0.05, 0) is 44.6 Å². The lowest BCUT2D eigenvalue weighted by Crippen LogP contribution is -2.18. The molecule has 0 amide bonds. The maximum Gasteiger partial charge on any atom is 0.138 e. The van der Waals surface area contributed by atoms with Crippen molar-refractivity contribution in [1.82, 2.24) is 15.3 Å². The molecule has 0 bridgehead atoms. The van der Waals surface area contributed by atoms with Gasteiger partial charge in [-0.1, -0.05) is 13.8 Å². The molecule has 102 valence electrons. The van der Waals surface area contributed by atoms with Crippen LogP contribution in [0.3, 0.4) is 0 Å². The van der Waals surface area contributed by atoms with Crippen LogP contribution in [0.5, 0.6) is 0 Å². The van der Waals surface area contributed by atoms with Gasteiger partial charge in [0.25, 0.3) is 0 Å². The van der Waals surface area contributed by atoms with E-state index in [0.717, 1.165) is 29.5 Å². The quantitative estimate of drug-likeness (QED) is 0.771. The largest absolute Gasteiger partial charge is 0.319 e. The van der Waals surface area contributed by atoms with Crippen molar-refractivity contribution in [3.63, 3.8) is 0 Å². The molecule has 0 fully saturated rings. The third-order valence-corrected chi connectivity index (χ3v) is 4.12. The van der Waals surface area contributed by atoms with Gasteiger partial charge in [0.1, 0.15) is 5.82 Å². The summed E-state index contributed by atoms with van der Waals surface area (Å²) in [6, 6.07) is 0. The van der Waals surface area contributed by atoms with Crippen molar-refractivity contribution in [2.75, 3.05) is 19.3 Å². The summed E-state index contributed by atoms with van der Waals surface area (Å²) in [6.07, 6.45) is 1.21. The first kappa shape index (κ1) is 15.4. The average Bonchev–Trinajstić information content (AvgIpc) is 2.28. The fraction of sp³-hybridized carbons (Fsp3) is 0.714. The van der Waals surface area contributed by atoms with Gasteiger partial charge in [-0.25, -0.2) is 9.97 Å². The summed E-state index contributed by atoms with van der Waals surface area (Å²) in [7, 11) is 1.98. The first-order valence-corrected chi connectivity index (χ1v) is 7.81. The first-order chi connectivity index (χ1) is 8.60. The lowest BCUT2D eigenvalue weighted by Gasteiger charge is -2.17. The average molecular weight is 267 g/mol. The van der Waals surface area contributed by atoms with E-state index in [1.807, 2.05) is 18.8 Å². The van der Waals surface area contributed by atoms with Crippen molar-refractivity contribution >= 4 is 11.8 Å². The van der Waals surface area contributed by atoms with E-state index in [2.05, 4.69) is 43.0 Å². The Kier molecular flexibility index (Phi) is 6.65. The molecule has 18 heavy (non-hydrogen) atoms. The summed E-state index contributed by atoms with van der Waals surface area (Å²) >= 11 is 1.91. The minimum atomic E-state index is 0.465. The number of likely N-dealkylation sites (N-methyl/N-ethyl adjacent to an activating group) is 1. The van der Waals surface area contributed by atoms with Crippen molar-refractivity contribution in [3.8, 4) is 0 Å². The molecule has 4 heteroatoms. The van der Waals surface area contributed by atoms with Gasteiger partial charge in [-0.2, -0.15) is 11.8 Å². The normalized spacial score (nSPS) is 12.7. The van der Waals surface area contributed by atoms with Crippen LogP contribution in [-0.4, -0.2) is 29.3 Å². The Labute approximate surface area is 115 Å². The van der Waals surface area contributed by atoms with Crippen LogP contribution in [0.2, 0.25) is 0 Å². The summed E-state index contributed by atoms with van der Waals surface area (Å²) in [4.78, 5) is 9.30. The Bertz CT molecular complexity index is 356. The van der Waals surface area contributed by atoms with Crippen molar-refractivity contribution < 1.29 is 0 Å². The maximum absolute atomic E-state index is 4.65. The number of rotatable bonds is 7. The van der Waals surface area contributed by atoms with Gasteiger partial charge < -0.3 is 5.32 Å². The molecule has 1 atom stereocenters. The molecular formula is C14H25N3S. The molecule has 1 aromatic rings. The number of nitrogens with zero attached hydrogens (tertiary/aromatic N) is 2. The first-order valence-electron chi connectivity index (χ1n) is 6.66. The Morgan fingerprint density at radius 2 is 1.83 bits per heavy atom. The van der Waals surface area contributed by atoms with Crippen molar-refractivity contribution in [2.24, 2.45) is 0 Å². The third-order valence-electron chi connectivity index (χ3n) is 2.96. The number of hydrogen-bond donors (Lipinski definition) is 1. The molecule has 0 saturated heterocycles. The zero-order valence-corrected chi connectivity index (χ0v) is 13.0.